The van der Waals surface area contributed by atoms with E-state index in [0.29, 0.717) is 5.69 Å². The van der Waals surface area contributed by atoms with Gasteiger partial charge in [-0.05, 0) is 31.5 Å². The molecule has 2 aromatic carbocycles. The molecule has 0 N–H and O–H groups in total. The Bertz CT molecular complexity index is 1150. The van der Waals surface area contributed by atoms with Crippen molar-refractivity contribution >= 4 is 34.8 Å². The van der Waals surface area contributed by atoms with Crippen molar-refractivity contribution in [3.05, 3.63) is 87.4 Å². The number of nitrogens with zero attached hydrogens (tertiary/aromatic N) is 2. The number of hydrogen-bond acceptors (Lipinski definition) is 5. The molecule has 1 aliphatic rings. The van der Waals surface area contributed by atoms with Crippen molar-refractivity contribution in [2.45, 2.75) is 31.8 Å². The molecule has 0 saturated carbocycles. The average Bonchev–Trinajstić information content (AvgIpc) is 2.75. The maximum absolute atomic E-state index is 13.5. The minimum absolute atomic E-state index is 0.164. The predicted octanol–water partition coefficient (Wildman–Crippen LogP) is 5.19. The van der Waals surface area contributed by atoms with Gasteiger partial charge in [0.1, 0.15) is 24.0 Å². The smallest absolute Gasteiger partial charge is 0.198 e. The molecule has 1 atom stereocenters. The number of ketones is 2. The number of carbonyl (C=O) groups excluding carboxylic acids is 2. The first-order chi connectivity index (χ1) is 14.3. The van der Waals surface area contributed by atoms with Crippen LogP contribution in [0.2, 0.25) is 10.0 Å². The Labute approximate surface area is 184 Å². The molecule has 3 aromatic rings. The average molecular weight is 441 g/mol. The number of rotatable bonds is 4. The van der Waals surface area contributed by atoms with Crippen LogP contribution in [0.5, 0.6) is 5.75 Å². The standard InChI is InChI=1S/C23H18Cl2N2O3/c1-23(2)21-18(26-10-11-27-21)19(28)17(22(23)29)16-14(24)8-9-15(25)20(16)30-12-13-6-4-3-5-7-13/h3-11,17H,12H2,1-2H3. The van der Waals surface area contributed by atoms with Crippen LogP contribution in [0.25, 0.3) is 0 Å². The van der Waals surface area contributed by atoms with Crippen molar-refractivity contribution < 1.29 is 14.3 Å². The molecule has 0 amide bonds. The van der Waals surface area contributed by atoms with Gasteiger partial charge in [0, 0.05) is 23.0 Å². The lowest BCUT2D eigenvalue weighted by Gasteiger charge is -2.34. The molecular formula is C23H18Cl2N2O3. The molecular weight excluding hydrogens is 423 g/mol. The Morgan fingerprint density at radius 2 is 1.63 bits per heavy atom. The van der Waals surface area contributed by atoms with Crippen LogP contribution in [0.15, 0.2) is 54.9 Å². The molecule has 0 saturated heterocycles. The molecule has 0 radical (unpaired) electrons. The predicted molar refractivity (Wildman–Crippen MR) is 114 cm³/mol. The molecule has 4 rings (SSSR count). The summed E-state index contributed by atoms with van der Waals surface area (Å²) in [4.78, 5) is 35.2. The van der Waals surface area contributed by atoms with Gasteiger partial charge in [-0.2, -0.15) is 0 Å². The third kappa shape index (κ3) is 3.38. The first-order valence-corrected chi connectivity index (χ1v) is 10.1. The number of carbonyl (C=O) groups is 2. The van der Waals surface area contributed by atoms with E-state index in [2.05, 4.69) is 9.97 Å². The summed E-state index contributed by atoms with van der Waals surface area (Å²) in [5.41, 5.74) is 0.681. The van der Waals surface area contributed by atoms with Crippen molar-refractivity contribution in [1.29, 1.82) is 0 Å². The van der Waals surface area contributed by atoms with Gasteiger partial charge in [-0.1, -0.05) is 53.5 Å². The SMILES string of the molecule is CC1(C)C(=O)C(c2c(Cl)ccc(Cl)c2OCc2ccccc2)C(=O)c2nccnc21. The highest BCUT2D eigenvalue weighted by Gasteiger charge is 2.50. The molecule has 152 valence electrons. The fourth-order valence-corrected chi connectivity index (χ4v) is 4.14. The highest BCUT2D eigenvalue weighted by molar-refractivity contribution is 6.36. The van der Waals surface area contributed by atoms with Gasteiger partial charge in [-0.15, -0.1) is 0 Å². The highest BCUT2D eigenvalue weighted by Crippen LogP contribution is 2.46. The normalized spacial score (nSPS) is 17.5. The first kappa shape index (κ1) is 20.5. The van der Waals surface area contributed by atoms with Crippen LogP contribution >= 0.6 is 23.2 Å². The summed E-state index contributed by atoms with van der Waals surface area (Å²) in [5, 5.41) is 0.506. The molecule has 1 unspecified atom stereocenters. The summed E-state index contributed by atoms with van der Waals surface area (Å²) in [6.45, 7) is 3.67. The minimum Gasteiger partial charge on any atom is -0.487 e. The van der Waals surface area contributed by atoms with Crippen molar-refractivity contribution in [2.75, 3.05) is 0 Å². The Kier molecular flexibility index (Phi) is 5.35. The van der Waals surface area contributed by atoms with Crippen LogP contribution in [-0.2, 0) is 16.8 Å². The molecule has 1 aromatic heterocycles. The van der Waals surface area contributed by atoms with Crippen LogP contribution in [0.4, 0.5) is 0 Å². The minimum atomic E-state index is -1.18. The molecule has 0 fully saturated rings. The van der Waals surface area contributed by atoms with E-state index in [0.717, 1.165) is 5.56 Å². The number of benzene rings is 2. The van der Waals surface area contributed by atoms with E-state index >= 15 is 0 Å². The maximum atomic E-state index is 13.5. The monoisotopic (exact) mass is 440 g/mol. The number of halogens is 2. The van der Waals surface area contributed by atoms with E-state index in [4.69, 9.17) is 27.9 Å². The second kappa shape index (κ2) is 7.82. The van der Waals surface area contributed by atoms with Gasteiger partial charge in [-0.25, -0.2) is 4.98 Å². The number of fused-ring (bicyclic) bond motifs is 1. The summed E-state index contributed by atoms with van der Waals surface area (Å²) >= 11 is 12.9. The first-order valence-electron chi connectivity index (χ1n) is 9.37. The summed E-state index contributed by atoms with van der Waals surface area (Å²) in [6, 6.07) is 12.7. The zero-order valence-electron chi connectivity index (χ0n) is 16.4. The number of Topliss-reactive ketones (excluding diaryl/α,β-unsaturated/α-hetero) is 2. The van der Waals surface area contributed by atoms with Crippen LogP contribution in [-0.4, -0.2) is 21.5 Å². The van der Waals surface area contributed by atoms with Crippen LogP contribution in [0, 0.1) is 0 Å². The fraction of sp³-hybridized carbons (Fsp3) is 0.217. The summed E-state index contributed by atoms with van der Waals surface area (Å²) < 4.78 is 5.98. The van der Waals surface area contributed by atoms with Crippen molar-refractivity contribution in [1.82, 2.24) is 9.97 Å². The van der Waals surface area contributed by atoms with Gasteiger partial charge >= 0.3 is 0 Å². The van der Waals surface area contributed by atoms with Gasteiger partial charge in [-0.3, -0.25) is 14.6 Å². The molecule has 0 spiro atoms. The van der Waals surface area contributed by atoms with Crippen LogP contribution in [0.1, 0.15) is 47.1 Å². The number of aromatic nitrogens is 2. The van der Waals surface area contributed by atoms with Crippen molar-refractivity contribution in [3.8, 4) is 5.75 Å². The Morgan fingerprint density at radius 3 is 2.37 bits per heavy atom. The highest BCUT2D eigenvalue weighted by atomic mass is 35.5. The molecule has 0 aliphatic heterocycles. The fourth-order valence-electron chi connectivity index (χ4n) is 3.67. The third-order valence-electron chi connectivity index (χ3n) is 5.27. The summed E-state index contributed by atoms with van der Waals surface area (Å²) in [7, 11) is 0. The van der Waals surface area contributed by atoms with E-state index in [-0.39, 0.29) is 39.4 Å². The summed E-state index contributed by atoms with van der Waals surface area (Å²) in [5.74, 6) is -1.74. The van der Waals surface area contributed by atoms with E-state index < -0.39 is 17.1 Å². The topological polar surface area (TPSA) is 69.2 Å². The molecule has 7 heteroatoms. The second-order valence-corrected chi connectivity index (χ2v) is 8.40. The van der Waals surface area contributed by atoms with E-state index in [1.807, 2.05) is 30.3 Å². The quantitative estimate of drug-likeness (QED) is 0.522. The van der Waals surface area contributed by atoms with Gasteiger partial charge in [0.05, 0.1) is 16.1 Å². The lowest BCUT2D eigenvalue weighted by atomic mass is 9.68. The lowest BCUT2D eigenvalue weighted by molar-refractivity contribution is -0.124. The van der Waals surface area contributed by atoms with Gasteiger partial charge in [0.2, 0.25) is 0 Å². The molecule has 1 heterocycles. The Morgan fingerprint density at radius 1 is 0.967 bits per heavy atom. The largest absolute Gasteiger partial charge is 0.487 e. The van der Waals surface area contributed by atoms with E-state index in [9.17, 15) is 9.59 Å². The lowest BCUT2D eigenvalue weighted by Crippen LogP contribution is -2.44. The van der Waals surface area contributed by atoms with Crippen molar-refractivity contribution in [3.63, 3.8) is 0 Å². The van der Waals surface area contributed by atoms with E-state index in [1.165, 1.54) is 12.4 Å². The number of hydrogen-bond donors (Lipinski definition) is 0. The number of ether oxygens (including phenoxy) is 1. The Balaban J connectivity index is 1.83. The van der Waals surface area contributed by atoms with Crippen LogP contribution in [0.3, 0.4) is 0 Å². The van der Waals surface area contributed by atoms with Crippen LogP contribution < -0.4 is 4.74 Å². The molecule has 1 aliphatic carbocycles. The maximum Gasteiger partial charge on any atom is 0.198 e. The summed E-state index contributed by atoms with van der Waals surface area (Å²) in [6.07, 6.45) is 2.91. The zero-order valence-corrected chi connectivity index (χ0v) is 17.9. The van der Waals surface area contributed by atoms with Gasteiger partial charge < -0.3 is 4.74 Å². The van der Waals surface area contributed by atoms with Gasteiger partial charge in [0.25, 0.3) is 0 Å². The third-order valence-corrected chi connectivity index (χ3v) is 5.90. The van der Waals surface area contributed by atoms with Crippen molar-refractivity contribution in [2.24, 2.45) is 0 Å². The second-order valence-electron chi connectivity index (χ2n) is 7.59. The molecule has 5 nitrogen and oxygen atoms in total. The van der Waals surface area contributed by atoms with Gasteiger partial charge in [0.15, 0.2) is 11.6 Å². The van der Waals surface area contributed by atoms with E-state index in [1.54, 1.807) is 26.0 Å². The molecule has 0 bridgehead atoms. The molecule has 30 heavy (non-hydrogen) atoms. The zero-order chi connectivity index (χ0) is 21.5. The Hall–Kier alpha value is -2.76.